The second-order valence-corrected chi connectivity index (χ2v) is 2.80. The van der Waals surface area contributed by atoms with Gasteiger partial charge in [0.2, 0.25) is 0 Å². The van der Waals surface area contributed by atoms with Gasteiger partial charge in [0.1, 0.15) is 0 Å². The van der Waals surface area contributed by atoms with Crippen LogP contribution in [-0.4, -0.2) is 29.6 Å². The van der Waals surface area contributed by atoms with Crippen molar-refractivity contribution in [3.05, 3.63) is 29.6 Å². The van der Waals surface area contributed by atoms with Crippen molar-refractivity contribution in [2.24, 2.45) is 5.16 Å². The number of pyridine rings is 1. The summed E-state index contributed by atoms with van der Waals surface area (Å²) in [5.41, 5.74) is 1.34. The quantitative estimate of drug-likeness (QED) is 0.432. The van der Waals surface area contributed by atoms with Gasteiger partial charge in [0, 0.05) is 11.8 Å². The Hall–Kier alpha value is -1.46. The summed E-state index contributed by atoms with van der Waals surface area (Å²) in [6, 6.07) is 3.62. The Balaban J connectivity index is 2.30. The molecule has 5 nitrogen and oxygen atoms in total. The summed E-state index contributed by atoms with van der Waals surface area (Å²) >= 11 is 0. The van der Waals surface area contributed by atoms with Crippen LogP contribution in [0.1, 0.15) is 17.5 Å². The predicted octanol–water partition coefficient (Wildman–Crippen LogP) is 0.935. The lowest BCUT2D eigenvalue weighted by molar-refractivity contribution is -0.0444. The third-order valence-corrected chi connectivity index (χ3v) is 1.93. The van der Waals surface area contributed by atoms with Gasteiger partial charge < -0.3 is 14.7 Å². The zero-order valence-electron chi connectivity index (χ0n) is 7.46. The monoisotopic (exact) mass is 194 g/mol. The maximum absolute atomic E-state index is 8.43. The van der Waals surface area contributed by atoms with Gasteiger partial charge in [-0.15, -0.1) is 0 Å². The van der Waals surface area contributed by atoms with Crippen molar-refractivity contribution in [2.75, 3.05) is 13.2 Å². The Morgan fingerprint density at radius 3 is 3.00 bits per heavy atom. The predicted molar refractivity (Wildman–Crippen MR) is 48.3 cm³/mol. The van der Waals surface area contributed by atoms with Crippen LogP contribution in [0.5, 0.6) is 0 Å². The van der Waals surface area contributed by atoms with Crippen molar-refractivity contribution in [3.8, 4) is 0 Å². The molecule has 1 aromatic heterocycles. The molecule has 0 aliphatic carbocycles. The van der Waals surface area contributed by atoms with E-state index in [9.17, 15) is 0 Å². The molecule has 1 saturated heterocycles. The number of aromatic nitrogens is 1. The minimum absolute atomic E-state index is 0.392. The summed E-state index contributed by atoms with van der Waals surface area (Å²) in [7, 11) is 0. The molecule has 1 aliphatic rings. The number of nitrogens with zero attached hydrogens (tertiary/aromatic N) is 2. The zero-order chi connectivity index (χ0) is 9.80. The zero-order valence-corrected chi connectivity index (χ0v) is 7.46. The molecule has 0 spiro atoms. The molecule has 0 bridgehead atoms. The molecule has 0 aromatic carbocycles. The standard InChI is InChI=1S/C9H10N2O3/c12-11-6-8-7(2-1-3-10-8)9-13-4-5-14-9/h1-3,6,9,12H,4-5H2/b11-6+. The Kier molecular flexibility index (Phi) is 2.71. The lowest BCUT2D eigenvalue weighted by Crippen LogP contribution is -2.04. The first kappa shape index (κ1) is 9.11. The number of hydrogen-bond donors (Lipinski definition) is 1. The fraction of sp³-hybridized carbons (Fsp3) is 0.333. The van der Waals surface area contributed by atoms with Crippen LogP contribution < -0.4 is 0 Å². The third-order valence-electron chi connectivity index (χ3n) is 1.93. The minimum atomic E-state index is -0.392. The number of rotatable bonds is 2. The third kappa shape index (κ3) is 1.73. The average Bonchev–Trinajstić information content (AvgIpc) is 2.72. The molecule has 1 fully saturated rings. The van der Waals surface area contributed by atoms with Crippen molar-refractivity contribution in [2.45, 2.75) is 6.29 Å². The largest absolute Gasteiger partial charge is 0.411 e. The highest BCUT2D eigenvalue weighted by Gasteiger charge is 2.20. The molecular weight excluding hydrogens is 184 g/mol. The number of ether oxygens (including phenoxy) is 2. The Morgan fingerprint density at radius 2 is 2.29 bits per heavy atom. The van der Waals surface area contributed by atoms with Gasteiger partial charge in [-0.3, -0.25) is 4.98 Å². The summed E-state index contributed by atoms with van der Waals surface area (Å²) in [4.78, 5) is 4.04. The van der Waals surface area contributed by atoms with Gasteiger partial charge in [-0.25, -0.2) is 0 Å². The van der Waals surface area contributed by atoms with Crippen molar-refractivity contribution in [1.29, 1.82) is 0 Å². The lowest BCUT2D eigenvalue weighted by Gasteiger charge is -2.10. The normalized spacial score (nSPS) is 18.0. The summed E-state index contributed by atoms with van der Waals surface area (Å²) in [6.45, 7) is 1.16. The fourth-order valence-corrected chi connectivity index (χ4v) is 1.33. The Morgan fingerprint density at radius 1 is 1.50 bits per heavy atom. The van der Waals surface area contributed by atoms with Crippen molar-refractivity contribution < 1.29 is 14.7 Å². The van der Waals surface area contributed by atoms with Crippen molar-refractivity contribution in [3.63, 3.8) is 0 Å². The van der Waals surface area contributed by atoms with E-state index in [2.05, 4.69) is 10.1 Å². The number of oxime groups is 1. The van der Waals surface area contributed by atoms with Crippen LogP contribution in [0.25, 0.3) is 0 Å². The molecule has 14 heavy (non-hydrogen) atoms. The second kappa shape index (κ2) is 4.17. The van der Waals surface area contributed by atoms with E-state index in [1.54, 1.807) is 12.3 Å². The molecule has 1 aliphatic heterocycles. The number of hydrogen-bond acceptors (Lipinski definition) is 5. The maximum atomic E-state index is 8.43. The van der Waals surface area contributed by atoms with Gasteiger partial charge in [-0.2, -0.15) is 0 Å². The molecule has 0 unspecified atom stereocenters. The molecule has 0 saturated carbocycles. The van der Waals surface area contributed by atoms with E-state index in [1.165, 1.54) is 6.21 Å². The summed E-state index contributed by atoms with van der Waals surface area (Å²) in [5.74, 6) is 0. The van der Waals surface area contributed by atoms with Gasteiger partial charge in [0.25, 0.3) is 0 Å². The SMILES string of the molecule is O/N=C/c1ncccc1C1OCCO1. The topological polar surface area (TPSA) is 63.9 Å². The van der Waals surface area contributed by atoms with Gasteiger partial charge in [0.05, 0.1) is 25.1 Å². The van der Waals surface area contributed by atoms with Crippen molar-refractivity contribution >= 4 is 6.21 Å². The lowest BCUT2D eigenvalue weighted by atomic mass is 10.2. The van der Waals surface area contributed by atoms with Crippen LogP contribution >= 0.6 is 0 Å². The first-order chi connectivity index (χ1) is 6.92. The van der Waals surface area contributed by atoms with Crippen LogP contribution in [0, 0.1) is 0 Å². The van der Waals surface area contributed by atoms with Crippen molar-refractivity contribution in [1.82, 2.24) is 4.98 Å². The Bertz CT molecular complexity index is 335. The van der Waals surface area contributed by atoms with Crippen LogP contribution in [-0.2, 0) is 9.47 Å². The summed E-state index contributed by atoms with van der Waals surface area (Å²) in [5, 5.41) is 11.4. The summed E-state index contributed by atoms with van der Waals surface area (Å²) < 4.78 is 10.6. The molecule has 1 aromatic rings. The van der Waals surface area contributed by atoms with Crippen LogP contribution in [0.4, 0.5) is 0 Å². The van der Waals surface area contributed by atoms with E-state index >= 15 is 0 Å². The molecule has 0 radical (unpaired) electrons. The van der Waals surface area contributed by atoms with E-state index in [4.69, 9.17) is 14.7 Å². The smallest absolute Gasteiger partial charge is 0.186 e. The van der Waals surface area contributed by atoms with Gasteiger partial charge >= 0.3 is 0 Å². The van der Waals surface area contributed by atoms with Gasteiger partial charge in [-0.1, -0.05) is 11.2 Å². The van der Waals surface area contributed by atoms with E-state index in [0.717, 1.165) is 5.56 Å². The van der Waals surface area contributed by atoms with Crippen LogP contribution in [0.3, 0.4) is 0 Å². The van der Waals surface area contributed by atoms with E-state index in [0.29, 0.717) is 18.9 Å². The highest BCUT2D eigenvalue weighted by atomic mass is 16.7. The summed E-state index contributed by atoms with van der Waals surface area (Å²) in [6.07, 6.45) is 2.49. The fourth-order valence-electron chi connectivity index (χ4n) is 1.33. The second-order valence-electron chi connectivity index (χ2n) is 2.80. The van der Waals surface area contributed by atoms with Crippen LogP contribution in [0.15, 0.2) is 23.5 Å². The highest BCUT2D eigenvalue weighted by Crippen LogP contribution is 2.24. The maximum Gasteiger partial charge on any atom is 0.186 e. The van der Waals surface area contributed by atoms with E-state index in [1.807, 2.05) is 6.07 Å². The molecule has 1 N–H and O–H groups in total. The highest BCUT2D eigenvalue weighted by molar-refractivity contribution is 5.78. The Labute approximate surface area is 81.0 Å². The van der Waals surface area contributed by atoms with E-state index in [-0.39, 0.29) is 0 Å². The molecule has 2 heterocycles. The minimum Gasteiger partial charge on any atom is -0.411 e. The molecule has 74 valence electrons. The first-order valence-corrected chi connectivity index (χ1v) is 4.27. The first-order valence-electron chi connectivity index (χ1n) is 4.27. The molecular formula is C9H10N2O3. The van der Waals surface area contributed by atoms with E-state index < -0.39 is 6.29 Å². The van der Waals surface area contributed by atoms with Gasteiger partial charge in [-0.05, 0) is 6.07 Å². The molecule has 5 heteroatoms. The molecule has 2 rings (SSSR count). The molecule has 0 amide bonds. The average molecular weight is 194 g/mol. The van der Waals surface area contributed by atoms with Crippen LogP contribution in [0.2, 0.25) is 0 Å². The van der Waals surface area contributed by atoms with Gasteiger partial charge in [0.15, 0.2) is 6.29 Å². The molecule has 0 atom stereocenters.